The van der Waals surface area contributed by atoms with Crippen molar-refractivity contribution in [2.24, 2.45) is 5.73 Å². The number of rotatable bonds is 8. The summed E-state index contributed by atoms with van der Waals surface area (Å²) in [4.78, 5) is 17.9. The minimum atomic E-state index is -1.00. The lowest BCUT2D eigenvalue weighted by Crippen LogP contribution is -2.48. The number of halogens is 2. The first-order valence-corrected chi connectivity index (χ1v) is 11.1. The molecule has 3 N–H and O–H groups in total. The minimum Gasteiger partial charge on any atom is -0.383 e. The van der Waals surface area contributed by atoms with Crippen molar-refractivity contribution >= 4 is 11.6 Å². The van der Waals surface area contributed by atoms with Crippen LogP contribution in [0.25, 0.3) is 16.8 Å². The number of nitrogens with zero attached hydrogens (tertiary/aromatic N) is 4. The summed E-state index contributed by atoms with van der Waals surface area (Å²) < 4.78 is 35.4. The first kappa shape index (κ1) is 23.8. The van der Waals surface area contributed by atoms with Crippen molar-refractivity contribution in [1.29, 1.82) is 0 Å². The number of hydrogen-bond acceptors (Lipinski definition) is 6. The summed E-state index contributed by atoms with van der Waals surface area (Å²) in [5.74, 6) is -1.51. The Morgan fingerprint density at radius 2 is 2.09 bits per heavy atom. The van der Waals surface area contributed by atoms with E-state index in [4.69, 9.17) is 10.5 Å². The fourth-order valence-electron chi connectivity index (χ4n) is 4.15. The highest BCUT2D eigenvalue weighted by atomic mass is 19.1. The highest BCUT2D eigenvalue weighted by molar-refractivity contribution is 5.93. The zero-order valence-electron chi connectivity index (χ0n) is 19.2. The Balaban J connectivity index is 1.50. The summed E-state index contributed by atoms with van der Waals surface area (Å²) >= 11 is 0. The minimum absolute atomic E-state index is 0.195. The quantitative estimate of drug-likeness (QED) is 0.525. The number of benzene rings is 1. The van der Waals surface area contributed by atoms with Crippen molar-refractivity contribution in [1.82, 2.24) is 19.7 Å². The highest BCUT2D eigenvalue weighted by Crippen LogP contribution is 2.26. The van der Waals surface area contributed by atoms with E-state index in [1.807, 2.05) is 6.07 Å². The van der Waals surface area contributed by atoms with E-state index in [2.05, 4.69) is 20.3 Å². The summed E-state index contributed by atoms with van der Waals surface area (Å²) in [5, 5.41) is 7.64. The van der Waals surface area contributed by atoms with Gasteiger partial charge in [-0.05, 0) is 37.1 Å². The molecule has 4 rings (SSSR count). The smallest absolute Gasteiger partial charge is 0.251 e. The number of primary amides is 1. The summed E-state index contributed by atoms with van der Waals surface area (Å²) in [6.07, 6.45) is 6.45. The fourth-order valence-corrected chi connectivity index (χ4v) is 4.15. The van der Waals surface area contributed by atoms with Crippen molar-refractivity contribution in [3.8, 4) is 16.8 Å². The van der Waals surface area contributed by atoms with E-state index < -0.39 is 17.9 Å². The molecule has 1 fully saturated rings. The number of nitrogens with two attached hydrogens (primary N) is 1. The van der Waals surface area contributed by atoms with Crippen LogP contribution in [0.5, 0.6) is 0 Å². The topological polar surface area (TPSA) is 98.3 Å². The number of carbonyl (C=O) groups excluding carboxylic acids is 1. The van der Waals surface area contributed by atoms with Crippen LogP contribution < -0.4 is 11.1 Å². The van der Waals surface area contributed by atoms with Gasteiger partial charge in [0.1, 0.15) is 12.0 Å². The van der Waals surface area contributed by atoms with Crippen molar-refractivity contribution < 1.29 is 18.3 Å². The van der Waals surface area contributed by atoms with Gasteiger partial charge in [-0.1, -0.05) is 0 Å². The van der Waals surface area contributed by atoms with Gasteiger partial charge in [0.15, 0.2) is 0 Å². The van der Waals surface area contributed by atoms with Gasteiger partial charge in [-0.2, -0.15) is 5.10 Å². The molecular formula is C24H28F2N6O2. The molecular weight excluding hydrogens is 442 g/mol. The lowest BCUT2D eigenvalue weighted by molar-refractivity contribution is 0.0920. The van der Waals surface area contributed by atoms with Gasteiger partial charge in [-0.25, -0.2) is 13.5 Å². The lowest BCUT2D eigenvalue weighted by atomic mass is 10.0. The normalized spacial score (nSPS) is 18.7. The van der Waals surface area contributed by atoms with E-state index in [0.717, 1.165) is 29.9 Å². The summed E-state index contributed by atoms with van der Waals surface area (Å²) in [5.41, 5.74) is 8.52. The van der Waals surface area contributed by atoms with E-state index in [9.17, 15) is 13.6 Å². The van der Waals surface area contributed by atoms with E-state index in [1.54, 1.807) is 43.5 Å². The van der Waals surface area contributed by atoms with Gasteiger partial charge in [0.05, 0.1) is 35.8 Å². The zero-order valence-corrected chi connectivity index (χ0v) is 19.2. The molecule has 3 aromatic rings. The maximum absolute atomic E-state index is 14.7. The first-order valence-electron chi connectivity index (χ1n) is 11.1. The van der Waals surface area contributed by atoms with E-state index >= 15 is 0 Å². The van der Waals surface area contributed by atoms with Crippen LogP contribution in [0.2, 0.25) is 0 Å². The summed E-state index contributed by atoms with van der Waals surface area (Å²) in [6, 6.07) is 4.25. The summed E-state index contributed by atoms with van der Waals surface area (Å²) in [7, 11) is 1.64. The number of carbonyl (C=O) groups is 1. The van der Waals surface area contributed by atoms with Gasteiger partial charge in [0.2, 0.25) is 0 Å². The standard InChI is InChI=1S/C24H28F2N6O2/c1-15-7-20(25)19(24(27)33)9-23(15)32-13-17(11-29-32)16-8-18(12-28-10-16)30-22-3-4-31(5-6-34-2)14-21(22)26/h7-13,21-22,30H,3-6,14H2,1-2H3,(H2,27,33)/t21-,22+/m1/s1. The molecule has 1 aliphatic rings. The maximum Gasteiger partial charge on any atom is 0.251 e. The predicted octanol–water partition coefficient (Wildman–Crippen LogP) is 2.95. The van der Waals surface area contributed by atoms with Gasteiger partial charge < -0.3 is 15.8 Å². The van der Waals surface area contributed by atoms with Crippen LogP contribution >= 0.6 is 0 Å². The number of amides is 1. The molecule has 0 radical (unpaired) electrons. The van der Waals surface area contributed by atoms with Gasteiger partial charge in [0, 0.05) is 56.5 Å². The number of likely N-dealkylation sites (tertiary alicyclic amines) is 1. The zero-order chi connectivity index (χ0) is 24.2. The third kappa shape index (κ3) is 5.23. The van der Waals surface area contributed by atoms with Crippen molar-refractivity contribution in [3.05, 3.63) is 59.9 Å². The van der Waals surface area contributed by atoms with Crippen LogP contribution in [0.3, 0.4) is 0 Å². The first-order chi connectivity index (χ1) is 16.4. The molecule has 10 heteroatoms. The number of ether oxygens (including phenoxy) is 1. The molecule has 1 aromatic carbocycles. The fraction of sp³-hybridized carbons (Fsp3) is 0.375. The molecule has 2 aromatic heterocycles. The Bertz CT molecular complexity index is 1170. The second kappa shape index (κ2) is 10.3. The van der Waals surface area contributed by atoms with Gasteiger partial charge in [-0.3, -0.25) is 14.7 Å². The number of alkyl halides is 1. The molecule has 34 heavy (non-hydrogen) atoms. The van der Waals surface area contributed by atoms with Crippen LogP contribution in [-0.4, -0.2) is 71.1 Å². The largest absolute Gasteiger partial charge is 0.383 e. The van der Waals surface area contributed by atoms with Gasteiger partial charge >= 0.3 is 0 Å². The van der Waals surface area contributed by atoms with E-state index in [1.165, 1.54) is 12.1 Å². The van der Waals surface area contributed by atoms with Crippen molar-refractivity contribution in [3.63, 3.8) is 0 Å². The Kier molecular flexibility index (Phi) is 7.18. The van der Waals surface area contributed by atoms with E-state index in [-0.39, 0.29) is 11.6 Å². The third-order valence-corrected chi connectivity index (χ3v) is 6.04. The lowest BCUT2D eigenvalue weighted by Gasteiger charge is -2.35. The Hall–Kier alpha value is -3.37. The van der Waals surface area contributed by atoms with Crippen molar-refractivity contribution in [2.45, 2.75) is 25.6 Å². The molecule has 0 aliphatic carbocycles. The monoisotopic (exact) mass is 470 g/mol. The van der Waals surface area contributed by atoms with Crippen LogP contribution in [0.15, 0.2) is 43.0 Å². The Labute approximate surface area is 196 Å². The SMILES string of the molecule is COCCN1CC[C@H](Nc2cncc(-c3cnn(-c4cc(C(N)=O)c(F)cc4C)c3)c2)[C@H](F)C1. The number of nitrogens with one attached hydrogen (secondary N) is 1. The Morgan fingerprint density at radius 3 is 2.82 bits per heavy atom. The van der Waals surface area contributed by atoms with Crippen molar-refractivity contribution in [2.75, 3.05) is 38.7 Å². The number of aromatic nitrogens is 3. The summed E-state index contributed by atoms with van der Waals surface area (Å²) in [6.45, 7) is 4.20. The molecule has 0 bridgehead atoms. The molecule has 180 valence electrons. The number of piperidine rings is 1. The Morgan fingerprint density at radius 1 is 1.26 bits per heavy atom. The van der Waals surface area contributed by atoms with Gasteiger partial charge in [0.25, 0.3) is 5.91 Å². The molecule has 0 spiro atoms. The molecule has 2 atom stereocenters. The van der Waals surface area contributed by atoms with Gasteiger partial charge in [-0.15, -0.1) is 0 Å². The molecule has 0 saturated carbocycles. The third-order valence-electron chi connectivity index (χ3n) is 6.04. The number of hydrogen-bond donors (Lipinski definition) is 2. The van der Waals surface area contributed by atoms with Crippen LogP contribution in [0.1, 0.15) is 22.3 Å². The highest BCUT2D eigenvalue weighted by Gasteiger charge is 2.29. The number of aryl methyl sites for hydroxylation is 1. The molecule has 3 heterocycles. The average molecular weight is 471 g/mol. The number of pyridine rings is 1. The molecule has 0 unspecified atom stereocenters. The second-order valence-corrected chi connectivity index (χ2v) is 8.47. The molecule has 1 amide bonds. The molecule has 1 saturated heterocycles. The molecule has 8 nitrogen and oxygen atoms in total. The average Bonchev–Trinajstić information content (AvgIpc) is 3.29. The second-order valence-electron chi connectivity index (χ2n) is 8.47. The van der Waals surface area contributed by atoms with Crippen LogP contribution in [0.4, 0.5) is 14.5 Å². The number of anilines is 1. The van der Waals surface area contributed by atoms with Crippen LogP contribution in [-0.2, 0) is 4.74 Å². The van der Waals surface area contributed by atoms with Crippen LogP contribution in [0, 0.1) is 12.7 Å². The van der Waals surface area contributed by atoms with E-state index in [0.29, 0.717) is 30.8 Å². The maximum atomic E-state index is 14.7. The number of methoxy groups -OCH3 is 1. The molecule has 1 aliphatic heterocycles. The predicted molar refractivity (Wildman–Crippen MR) is 125 cm³/mol.